The number of fused-ring (bicyclic) bond motifs is 2. The van der Waals surface area contributed by atoms with Gasteiger partial charge >= 0.3 is 0 Å². The Morgan fingerprint density at radius 2 is 1.85 bits per heavy atom. The van der Waals surface area contributed by atoms with Crippen LogP contribution in [0, 0.1) is 17.8 Å². The standard InChI is InChI=1S/C19H25NO4.CH2O2/c21-16-5-13-9-20(8-12-1-2-12)10-14(13)6-18(16)24-15-3-4-17-19(7-15)23-11-22-17;2-1-3/h3-4,7,12-14,16,18,21H,1-2,5-6,8-11H2;1H,(H,2,3)/t13-,14+,16+,18+;/m0./s1. The quantitative estimate of drug-likeness (QED) is 0.776. The van der Waals surface area contributed by atoms with Gasteiger partial charge in [0, 0.05) is 25.7 Å². The van der Waals surface area contributed by atoms with Crippen molar-refractivity contribution in [1.82, 2.24) is 4.90 Å². The van der Waals surface area contributed by atoms with E-state index in [4.69, 9.17) is 24.1 Å². The van der Waals surface area contributed by atoms with Crippen molar-refractivity contribution in [2.75, 3.05) is 26.4 Å². The number of hydrogen-bond donors (Lipinski definition) is 2. The minimum Gasteiger partial charge on any atom is -0.488 e. The Bertz CT molecular complexity index is 664. The molecule has 1 saturated heterocycles. The number of benzene rings is 1. The van der Waals surface area contributed by atoms with E-state index in [1.54, 1.807) is 0 Å². The molecule has 1 aromatic carbocycles. The van der Waals surface area contributed by atoms with E-state index in [9.17, 15) is 5.11 Å². The molecule has 1 aromatic rings. The Hall–Kier alpha value is -1.99. The van der Waals surface area contributed by atoms with Crippen molar-refractivity contribution in [3.63, 3.8) is 0 Å². The zero-order valence-corrected chi connectivity index (χ0v) is 15.3. The number of aliphatic hydroxyl groups is 1. The highest BCUT2D eigenvalue weighted by molar-refractivity contribution is 5.47. The molecule has 7 nitrogen and oxygen atoms in total. The molecule has 0 amide bonds. The number of rotatable bonds is 4. The first-order chi connectivity index (χ1) is 13.2. The maximum absolute atomic E-state index is 10.6. The molecule has 0 aromatic heterocycles. The molecular weight excluding hydrogens is 350 g/mol. The van der Waals surface area contributed by atoms with Crippen LogP contribution in [0.2, 0.25) is 0 Å². The average Bonchev–Trinajstić information content (AvgIpc) is 3.18. The highest BCUT2D eigenvalue weighted by Gasteiger charge is 2.43. The van der Waals surface area contributed by atoms with Crippen molar-refractivity contribution in [3.05, 3.63) is 18.2 Å². The highest BCUT2D eigenvalue weighted by Crippen LogP contribution is 2.41. The molecule has 0 bridgehead atoms. The van der Waals surface area contributed by atoms with Gasteiger partial charge in [-0.3, -0.25) is 4.79 Å². The van der Waals surface area contributed by atoms with Gasteiger partial charge in [0.2, 0.25) is 6.79 Å². The number of hydrogen-bond acceptors (Lipinski definition) is 6. The summed E-state index contributed by atoms with van der Waals surface area (Å²) in [4.78, 5) is 11.0. The van der Waals surface area contributed by atoms with Gasteiger partial charge in [0.1, 0.15) is 11.9 Å². The smallest absolute Gasteiger partial charge is 0.290 e. The van der Waals surface area contributed by atoms with Crippen molar-refractivity contribution in [1.29, 1.82) is 0 Å². The van der Waals surface area contributed by atoms with Crippen molar-refractivity contribution in [2.24, 2.45) is 17.8 Å². The number of ether oxygens (including phenoxy) is 3. The summed E-state index contributed by atoms with van der Waals surface area (Å²) in [6.07, 6.45) is 4.13. The third-order valence-corrected chi connectivity index (χ3v) is 6.01. The summed E-state index contributed by atoms with van der Waals surface area (Å²) in [5.74, 6) is 4.48. The normalized spacial score (nSPS) is 31.6. The molecule has 7 heteroatoms. The largest absolute Gasteiger partial charge is 0.488 e. The first-order valence-electron chi connectivity index (χ1n) is 9.71. The number of carbonyl (C=O) groups is 1. The number of nitrogens with zero attached hydrogens (tertiary/aromatic N) is 1. The Balaban J connectivity index is 0.000000565. The third-order valence-electron chi connectivity index (χ3n) is 6.01. The first-order valence-corrected chi connectivity index (χ1v) is 9.71. The molecule has 2 N–H and O–H groups in total. The van der Waals surface area contributed by atoms with Crippen molar-refractivity contribution >= 4 is 6.47 Å². The monoisotopic (exact) mass is 377 g/mol. The zero-order chi connectivity index (χ0) is 18.8. The average molecular weight is 377 g/mol. The number of likely N-dealkylation sites (tertiary alicyclic amines) is 1. The fraction of sp³-hybridized carbons (Fsp3) is 0.650. The maximum atomic E-state index is 10.6. The van der Waals surface area contributed by atoms with E-state index in [-0.39, 0.29) is 25.5 Å². The molecule has 2 aliphatic heterocycles. The number of aliphatic hydroxyl groups excluding tert-OH is 1. The van der Waals surface area contributed by atoms with E-state index >= 15 is 0 Å². The summed E-state index contributed by atoms with van der Waals surface area (Å²) < 4.78 is 16.9. The van der Waals surface area contributed by atoms with Crippen LogP contribution in [0.3, 0.4) is 0 Å². The molecule has 3 fully saturated rings. The van der Waals surface area contributed by atoms with Crippen LogP contribution >= 0.6 is 0 Å². The predicted molar refractivity (Wildman–Crippen MR) is 97.1 cm³/mol. The maximum Gasteiger partial charge on any atom is 0.290 e. The molecule has 4 aliphatic rings. The van der Waals surface area contributed by atoms with Crippen LogP contribution in [0.4, 0.5) is 0 Å². The van der Waals surface area contributed by atoms with Crippen LogP contribution < -0.4 is 14.2 Å². The molecule has 148 valence electrons. The Morgan fingerprint density at radius 1 is 1.15 bits per heavy atom. The van der Waals surface area contributed by atoms with E-state index in [0.717, 1.165) is 42.6 Å². The highest BCUT2D eigenvalue weighted by atomic mass is 16.7. The fourth-order valence-corrected chi connectivity index (χ4v) is 4.55. The van der Waals surface area contributed by atoms with Crippen molar-refractivity contribution in [2.45, 2.75) is 37.9 Å². The van der Waals surface area contributed by atoms with Crippen LogP contribution in [0.15, 0.2) is 18.2 Å². The van der Waals surface area contributed by atoms with Gasteiger partial charge < -0.3 is 29.3 Å². The lowest BCUT2D eigenvalue weighted by Crippen LogP contribution is -2.42. The van der Waals surface area contributed by atoms with E-state index in [1.807, 2.05) is 18.2 Å². The summed E-state index contributed by atoms with van der Waals surface area (Å²) in [6.45, 7) is 3.62. The van der Waals surface area contributed by atoms with Gasteiger partial charge in [-0.15, -0.1) is 0 Å². The van der Waals surface area contributed by atoms with Crippen LogP contribution in [-0.4, -0.2) is 60.2 Å². The van der Waals surface area contributed by atoms with E-state index in [0.29, 0.717) is 11.8 Å². The van der Waals surface area contributed by atoms with Gasteiger partial charge in [-0.2, -0.15) is 0 Å². The molecule has 2 saturated carbocycles. The SMILES string of the molecule is O=CO.O[C@@H]1C[C@H]2CN(CC3CC3)C[C@H]2C[C@H]1Oc1ccc2c(c1)OCO2. The zero-order valence-electron chi connectivity index (χ0n) is 15.3. The van der Waals surface area contributed by atoms with Gasteiger partial charge in [-0.1, -0.05) is 0 Å². The lowest BCUT2D eigenvalue weighted by Gasteiger charge is -2.35. The summed E-state index contributed by atoms with van der Waals surface area (Å²) in [5.41, 5.74) is 0. The molecule has 2 heterocycles. The lowest BCUT2D eigenvalue weighted by atomic mass is 9.78. The molecular formula is C20H27NO6. The minimum absolute atomic E-state index is 0.118. The van der Waals surface area contributed by atoms with Gasteiger partial charge in [-0.25, -0.2) is 0 Å². The number of carboxylic acid groups (broad SMARTS) is 1. The molecule has 0 unspecified atom stereocenters. The molecule has 0 radical (unpaired) electrons. The minimum atomic E-state index is -0.377. The lowest BCUT2D eigenvalue weighted by molar-refractivity contribution is -0.122. The summed E-state index contributed by atoms with van der Waals surface area (Å²) in [5, 5.41) is 17.4. The van der Waals surface area contributed by atoms with Crippen LogP contribution in [-0.2, 0) is 4.79 Å². The Morgan fingerprint density at radius 3 is 2.59 bits per heavy atom. The first kappa shape index (κ1) is 18.4. The van der Waals surface area contributed by atoms with Gasteiger partial charge in [0.15, 0.2) is 11.5 Å². The van der Waals surface area contributed by atoms with Crippen molar-refractivity contribution in [3.8, 4) is 17.2 Å². The molecule has 4 atom stereocenters. The summed E-state index contributed by atoms with van der Waals surface area (Å²) in [6, 6.07) is 5.65. The topological polar surface area (TPSA) is 88.5 Å². The summed E-state index contributed by atoms with van der Waals surface area (Å²) in [7, 11) is 0. The van der Waals surface area contributed by atoms with Crippen LogP contribution in [0.25, 0.3) is 0 Å². The molecule has 2 aliphatic carbocycles. The van der Waals surface area contributed by atoms with Gasteiger partial charge in [0.05, 0.1) is 6.10 Å². The second-order valence-corrected chi connectivity index (χ2v) is 8.00. The van der Waals surface area contributed by atoms with Crippen LogP contribution in [0.5, 0.6) is 17.2 Å². The van der Waals surface area contributed by atoms with E-state index in [2.05, 4.69) is 4.90 Å². The van der Waals surface area contributed by atoms with Gasteiger partial charge in [0.25, 0.3) is 6.47 Å². The second kappa shape index (κ2) is 7.94. The fourth-order valence-electron chi connectivity index (χ4n) is 4.55. The molecule has 27 heavy (non-hydrogen) atoms. The van der Waals surface area contributed by atoms with Crippen LogP contribution in [0.1, 0.15) is 25.7 Å². The Labute approximate surface area is 158 Å². The van der Waals surface area contributed by atoms with E-state index < -0.39 is 0 Å². The second-order valence-electron chi connectivity index (χ2n) is 8.00. The summed E-state index contributed by atoms with van der Waals surface area (Å²) >= 11 is 0. The van der Waals surface area contributed by atoms with E-state index in [1.165, 1.54) is 25.9 Å². The molecule has 0 spiro atoms. The predicted octanol–water partition coefficient (Wildman–Crippen LogP) is 1.98. The Kier molecular flexibility index (Phi) is 5.41. The third kappa shape index (κ3) is 4.30. The molecule has 5 rings (SSSR count). The van der Waals surface area contributed by atoms with Gasteiger partial charge in [-0.05, 0) is 55.6 Å². The van der Waals surface area contributed by atoms with Crippen molar-refractivity contribution < 1.29 is 29.2 Å².